The number of H-pyrrole nitrogens is 1. The maximum Gasteiger partial charge on any atom is 0.417 e. The summed E-state index contributed by atoms with van der Waals surface area (Å²) in [6, 6.07) is 5.08. The molecule has 9 heteroatoms. The van der Waals surface area contributed by atoms with Gasteiger partial charge in [0, 0.05) is 24.2 Å². The number of fused-ring (bicyclic) bond motifs is 2. The molecular weight excluding hydrogens is 366 g/mol. The SMILES string of the molecule is COc1ccc(-c2c3c([nH+]c4c2c(=O)n(C)c(=O)n4C)COC3=O)c(OC)c1. The predicted octanol–water partition coefficient (Wildman–Crippen LogP) is 0.406. The number of carbonyl (C=O) groups is 1. The van der Waals surface area contributed by atoms with E-state index in [9.17, 15) is 14.4 Å². The van der Waals surface area contributed by atoms with Gasteiger partial charge in [0.15, 0.2) is 12.3 Å². The summed E-state index contributed by atoms with van der Waals surface area (Å²) < 4.78 is 18.2. The van der Waals surface area contributed by atoms with Crippen LogP contribution < -0.4 is 25.7 Å². The monoisotopic (exact) mass is 384 g/mol. The lowest BCUT2D eigenvalue weighted by Gasteiger charge is -2.14. The highest BCUT2D eigenvalue weighted by Crippen LogP contribution is 2.39. The number of ether oxygens (including phenoxy) is 3. The minimum Gasteiger partial charge on any atom is -0.497 e. The number of benzene rings is 1. The van der Waals surface area contributed by atoms with E-state index in [0.717, 1.165) is 4.57 Å². The Morgan fingerprint density at radius 1 is 1.04 bits per heavy atom. The summed E-state index contributed by atoms with van der Waals surface area (Å²) in [4.78, 5) is 40.9. The van der Waals surface area contributed by atoms with Gasteiger partial charge in [0.25, 0.3) is 11.2 Å². The van der Waals surface area contributed by atoms with E-state index in [1.165, 1.54) is 25.8 Å². The Bertz CT molecular complexity index is 1270. The highest BCUT2D eigenvalue weighted by atomic mass is 16.5. The van der Waals surface area contributed by atoms with Gasteiger partial charge in [-0.05, 0) is 12.1 Å². The molecule has 0 unspecified atom stereocenters. The van der Waals surface area contributed by atoms with Crippen LogP contribution >= 0.6 is 0 Å². The molecule has 1 aromatic carbocycles. The number of aromatic nitrogens is 3. The average molecular weight is 384 g/mol. The van der Waals surface area contributed by atoms with Crippen molar-refractivity contribution < 1.29 is 24.0 Å². The molecule has 0 spiro atoms. The van der Waals surface area contributed by atoms with Gasteiger partial charge in [-0.3, -0.25) is 4.79 Å². The van der Waals surface area contributed by atoms with E-state index in [0.29, 0.717) is 34.0 Å². The van der Waals surface area contributed by atoms with Gasteiger partial charge in [0.05, 0.1) is 21.3 Å². The van der Waals surface area contributed by atoms with Crippen molar-refractivity contribution >= 4 is 17.0 Å². The van der Waals surface area contributed by atoms with E-state index < -0.39 is 17.2 Å². The van der Waals surface area contributed by atoms with Crippen LogP contribution in [0.3, 0.4) is 0 Å². The fourth-order valence-electron chi connectivity index (χ4n) is 3.51. The zero-order valence-corrected chi connectivity index (χ0v) is 15.8. The number of aryl methyl sites for hydroxylation is 1. The van der Waals surface area contributed by atoms with Gasteiger partial charge in [0.1, 0.15) is 22.4 Å². The highest BCUT2D eigenvalue weighted by molar-refractivity contribution is 6.08. The second-order valence-electron chi connectivity index (χ2n) is 6.43. The number of methoxy groups -OCH3 is 2. The molecule has 9 nitrogen and oxygen atoms in total. The van der Waals surface area contributed by atoms with Gasteiger partial charge >= 0.3 is 11.7 Å². The third kappa shape index (κ3) is 2.32. The minimum atomic E-state index is -0.545. The topological polar surface area (TPSA) is 103 Å². The molecule has 1 aliphatic heterocycles. The molecule has 3 heterocycles. The molecular formula is C19H18N3O6+. The number of esters is 1. The van der Waals surface area contributed by atoms with Crippen LogP contribution in [-0.4, -0.2) is 29.3 Å². The Morgan fingerprint density at radius 2 is 1.79 bits per heavy atom. The first-order valence-electron chi connectivity index (χ1n) is 8.46. The van der Waals surface area contributed by atoms with Crippen molar-refractivity contribution in [3.63, 3.8) is 0 Å². The quantitative estimate of drug-likeness (QED) is 0.606. The van der Waals surface area contributed by atoms with E-state index in [-0.39, 0.29) is 17.6 Å². The molecule has 0 aliphatic carbocycles. The van der Waals surface area contributed by atoms with Crippen molar-refractivity contribution in [2.45, 2.75) is 6.61 Å². The van der Waals surface area contributed by atoms with E-state index in [2.05, 4.69) is 4.98 Å². The summed E-state index contributed by atoms with van der Waals surface area (Å²) in [7, 11) is 5.97. The first kappa shape index (κ1) is 17.8. The molecule has 1 aliphatic rings. The second kappa shape index (κ2) is 6.22. The van der Waals surface area contributed by atoms with Crippen LogP contribution in [0.1, 0.15) is 16.1 Å². The predicted molar refractivity (Wildman–Crippen MR) is 98.6 cm³/mol. The molecule has 0 saturated heterocycles. The summed E-state index contributed by atoms with van der Waals surface area (Å²) >= 11 is 0. The Morgan fingerprint density at radius 3 is 2.46 bits per heavy atom. The Balaban J connectivity index is 2.26. The number of rotatable bonds is 3. The summed E-state index contributed by atoms with van der Waals surface area (Å²) in [5.41, 5.74) is 0.935. The van der Waals surface area contributed by atoms with Gasteiger partial charge in [-0.2, -0.15) is 4.57 Å². The largest absolute Gasteiger partial charge is 0.497 e. The van der Waals surface area contributed by atoms with Crippen molar-refractivity contribution in [1.82, 2.24) is 9.13 Å². The minimum absolute atomic E-state index is 0.0268. The molecule has 2 aromatic heterocycles. The molecule has 0 amide bonds. The number of hydrogen-bond acceptors (Lipinski definition) is 6. The fraction of sp³-hybridized carbons (Fsp3) is 0.263. The van der Waals surface area contributed by atoms with Crippen LogP contribution in [0.25, 0.3) is 22.2 Å². The molecule has 0 atom stereocenters. The number of hydrogen-bond donors (Lipinski definition) is 0. The molecule has 0 bridgehead atoms. The Kier molecular flexibility index (Phi) is 3.95. The first-order chi connectivity index (χ1) is 13.4. The van der Waals surface area contributed by atoms with Crippen LogP contribution in [0.5, 0.6) is 11.5 Å². The van der Waals surface area contributed by atoms with Gasteiger partial charge in [-0.1, -0.05) is 0 Å². The molecule has 0 saturated carbocycles. The van der Waals surface area contributed by atoms with Crippen molar-refractivity contribution in [3.8, 4) is 22.6 Å². The normalized spacial score (nSPS) is 12.8. The molecule has 28 heavy (non-hydrogen) atoms. The molecule has 144 valence electrons. The fourth-order valence-corrected chi connectivity index (χ4v) is 3.51. The van der Waals surface area contributed by atoms with Crippen molar-refractivity contribution in [2.24, 2.45) is 14.1 Å². The van der Waals surface area contributed by atoms with E-state index >= 15 is 0 Å². The third-order valence-corrected chi connectivity index (χ3v) is 4.97. The number of nitrogens with zero attached hydrogens (tertiary/aromatic N) is 2. The zero-order chi connectivity index (χ0) is 20.2. The summed E-state index contributed by atoms with van der Waals surface area (Å²) in [5, 5.41) is 0.200. The van der Waals surface area contributed by atoms with Crippen LogP contribution in [0.4, 0.5) is 0 Å². The Labute approximate surface area is 158 Å². The number of carbonyl (C=O) groups excluding carboxylic acids is 1. The van der Waals surface area contributed by atoms with Crippen molar-refractivity contribution in [1.29, 1.82) is 0 Å². The lowest BCUT2D eigenvalue weighted by molar-refractivity contribution is -0.365. The van der Waals surface area contributed by atoms with Gasteiger partial charge in [-0.15, -0.1) is 0 Å². The van der Waals surface area contributed by atoms with Gasteiger partial charge in [0.2, 0.25) is 0 Å². The number of pyridine rings is 1. The average Bonchev–Trinajstić information content (AvgIpc) is 3.09. The lowest BCUT2D eigenvalue weighted by Crippen LogP contribution is -2.40. The van der Waals surface area contributed by atoms with Crippen molar-refractivity contribution in [3.05, 3.63) is 50.3 Å². The number of nitrogens with one attached hydrogen (secondary N) is 1. The second-order valence-corrected chi connectivity index (χ2v) is 6.43. The summed E-state index contributed by atoms with van der Waals surface area (Å²) in [6.07, 6.45) is 0. The molecule has 1 N–H and O–H groups in total. The maximum absolute atomic E-state index is 13.0. The molecule has 4 rings (SSSR count). The third-order valence-electron chi connectivity index (χ3n) is 4.97. The summed E-state index contributed by atoms with van der Waals surface area (Å²) in [6.45, 7) is 0.0268. The van der Waals surface area contributed by atoms with Crippen LogP contribution in [0.2, 0.25) is 0 Å². The van der Waals surface area contributed by atoms with Gasteiger partial charge in [-0.25, -0.2) is 19.1 Å². The highest BCUT2D eigenvalue weighted by Gasteiger charge is 2.35. The van der Waals surface area contributed by atoms with E-state index in [4.69, 9.17) is 14.2 Å². The van der Waals surface area contributed by atoms with Crippen LogP contribution in [0.15, 0.2) is 27.8 Å². The van der Waals surface area contributed by atoms with Gasteiger partial charge < -0.3 is 14.2 Å². The van der Waals surface area contributed by atoms with E-state index in [1.807, 2.05) is 0 Å². The zero-order valence-electron chi connectivity index (χ0n) is 15.8. The molecule has 3 aromatic rings. The molecule has 0 fully saturated rings. The van der Waals surface area contributed by atoms with Crippen LogP contribution in [-0.2, 0) is 25.4 Å². The smallest absolute Gasteiger partial charge is 0.417 e. The van der Waals surface area contributed by atoms with Crippen molar-refractivity contribution in [2.75, 3.05) is 14.2 Å². The van der Waals surface area contributed by atoms with Crippen LogP contribution in [0, 0.1) is 0 Å². The lowest BCUT2D eigenvalue weighted by atomic mass is 9.95. The maximum atomic E-state index is 13.0. The van der Waals surface area contributed by atoms with E-state index in [1.54, 1.807) is 25.2 Å². The summed E-state index contributed by atoms with van der Waals surface area (Å²) in [5.74, 6) is 0.438. The first-order valence-corrected chi connectivity index (χ1v) is 8.46. The Hall–Kier alpha value is -3.62. The molecule has 0 radical (unpaired) electrons. The number of cyclic esters (lactones) is 1. The standard InChI is InChI=1S/C19H17N3O6/c1-21-16-15(17(23)22(2)19(21)25)13(14-11(20-16)8-28-18(14)24)10-6-5-9(26-3)7-12(10)27-4/h5-7H,8H2,1-4H3/p+1. The number of aromatic amines is 1.